The molecule has 136 valence electrons. The molecule has 0 aliphatic carbocycles. The molecule has 1 fully saturated rings. The van der Waals surface area contributed by atoms with Crippen molar-refractivity contribution in [3.8, 4) is 0 Å². The van der Waals surface area contributed by atoms with Crippen molar-refractivity contribution in [1.29, 1.82) is 0 Å². The molecule has 0 unspecified atom stereocenters. The summed E-state index contributed by atoms with van der Waals surface area (Å²) < 4.78 is 1.97. The molecular formula is C21H25N3O2. The number of ketones is 1. The molecule has 0 saturated carbocycles. The zero-order valence-corrected chi connectivity index (χ0v) is 15.1. The summed E-state index contributed by atoms with van der Waals surface area (Å²) in [5.41, 5.74) is 2.85. The van der Waals surface area contributed by atoms with Crippen molar-refractivity contribution in [3.63, 3.8) is 0 Å². The molecule has 5 heteroatoms. The Bertz CT molecular complexity index is 797. The summed E-state index contributed by atoms with van der Waals surface area (Å²) in [5, 5.41) is 4.38. The molecular weight excluding hydrogens is 326 g/mol. The van der Waals surface area contributed by atoms with E-state index in [2.05, 4.69) is 5.10 Å². The lowest BCUT2D eigenvalue weighted by molar-refractivity contribution is -0.123. The summed E-state index contributed by atoms with van der Waals surface area (Å²) in [6, 6.07) is 9.86. The number of likely N-dealkylation sites (tertiary alicyclic amines) is 1. The van der Waals surface area contributed by atoms with Crippen LogP contribution >= 0.6 is 0 Å². The van der Waals surface area contributed by atoms with E-state index in [9.17, 15) is 9.59 Å². The predicted octanol–water partition coefficient (Wildman–Crippen LogP) is 2.88. The second kappa shape index (κ2) is 7.44. The normalized spacial score (nSPS) is 19.8. The van der Waals surface area contributed by atoms with Gasteiger partial charge in [0, 0.05) is 32.0 Å². The molecule has 5 nitrogen and oxygen atoms in total. The number of carbonyl (C=O) groups excluding carboxylic acids is 2. The van der Waals surface area contributed by atoms with Gasteiger partial charge in [-0.2, -0.15) is 5.10 Å². The first-order valence-corrected chi connectivity index (χ1v) is 9.63. The lowest BCUT2D eigenvalue weighted by Crippen LogP contribution is -2.43. The van der Waals surface area contributed by atoms with E-state index in [1.165, 1.54) is 0 Å². The predicted molar refractivity (Wildman–Crippen MR) is 98.9 cm³/mol. The van der Waals surface area contributed by atoms with Crippen molar-refractivity contribution >= 4 is 11.7 Å². The van der Waals surface area contributed by atoms with E-state index >= 15 is 0 Å². The monoisotopic (exact) mass is 351 g/mol. The van der Waals surface area contributed by atoms with E-state index < -0.39 is 0 Å². The number of carbonyl (C=O) groups is 2. The average molecular weight is 351 g/mol. The average Bonchev–Trinajstić information content (AvgIpc) is 3.12. The first kappa shape index (κ1) is 17.0. The van der Waals surface area contributed by atoms with Crippen LogP contribution < -0.4 is 0 Å². The van der Waals surface area contributed by atoms with Crippen LogP contribution in [-0.2, 0) is 24.2 Å². The third-order valence-electron chi connectivity index (χ3n) is 5.60. The van der Waals surface area contributed by atoms with Gasteiger partial charge in [0.2, 0.25) is 0 Å². The maximum Gasteiger partial charge on any atom is 0.257 e. The van der Waals surface area contributed by atoms with Gasteiger partial charge in [-0.1, -0.05) is 30.3 Å². The Morgan fingerprint density at radius 2 is 1.92 bits per heavy atom. The highest BCUT2D eigenvalue weighted by Crippen LogP contribution is 2.24. The second-order valence-electron chi connectivity index (χ2n) is 7.40. The van der Waals surface area contributed by atoms with Gasteiger partial charge in [-0.25, -0.2) is 0 Å². The third kappa shape index (κ3) is 3.43. The van der Waals surface area contributed by atoms with Gasteiger partial charge < -0.3 is 4.90 Å². The summed E-state index contributed by atoms with van der Waals surface area (Å²) in [5.74, 6) is 0.232. The molecule has 1 saturated heterocycles. The fourth-order valence-corrected chi connectivity index (χ4v) is 4.14. The fraction of sp³-hybridized carbons (Fsp3) is 0.476. The molecule has 1 amide bonds. The molecule has 0 spiro atoms. The molecule has 2 aliphatic rings. The fourth-order valence-electron chi connectivity index (χ4n) is 4.14. The molecule has 2 aliphatic heterocycles. The molecule has 1 aromatic heterocycles. The topological polar surface area (TPSA) is 55.2 Å². The Hall–Kier alpha value is -2.43. The molecule has 1 atom stereocenters. The molecule has 2 aromatic rings. The van der Waals surface area contributed by atoms with Crippen molar-refractivity contribution in [1.82, 2.24) is 14.7 Å². The van der Waals surface area contributed by atoms with Gasteiger partial charge in [0.1, 0.15) is 5.78 Å². The van der Waals surface area contributed by atoms with Crippen molar-refractivity contribution < 1.29 is 9.59 Å². The molecule has 0 radical (unpaired) electrons. The Morgan fingerprint density at radius 1 is 1.08 bits per heavy atom. The third-order valence-corrected chi connectivity index (χ3v) is 5.60. The minimum absolute atomic E-state index is 0.0466. The highest BCUT2D eigenvalue weighted by molar-refractivity contribution is 5.95. The van der Waals surface area contributed by atoms with Crippen LogP contribution in [0.4, 0.5) is 0 Å². The largest absolute Gasteiger partial charge is 0.338 e. The SMILES string of the molecule is O=C(Cc1ccccc1)[C@H]1CCCN(C(=O)c2cnn3c2CCCC3)C1. The number of amides is 1. The number of fused-ring (bicyclic) bond motifs is 1. The van der Waals surface area contributed by atoms with Crippen LogP contribution in [-0.4, -0.2) is 39.5 Å². The number of hydrogen-bond donors (Lipinski definition) is 0. The number of nitrogens with zero attached hydrogens (tertiary/aromatic N) is 3. The Kier molecular flexibility index (Phi) is 4.87. The lowest BCUT2D eigenvalue weighted by atomic mass is 9.90. The second-order valence-corrected chi connectivity index (χ2v) is 7.40. The van der Waals surface area contributed by atoms with Gasteiger partial charge in [-0.05, 0) is 37.7 Å². The highest BCUT2D eigenvalue weighted by Gasteiger charge is 2.31. The van der Waals surface area contributed by atoms with Crippen LogP contribution in [0.25, 0.3) is 0 Å². The zero-order valence-electron chi connectivity index (χ0n) is 15.1. The van der Waals surface area contributed by atoms with Crippen molar-refractivity contribution in [2.45, 2.75) is 45.1 Å². The van der Waals surface area contributed by atoms with Crippen LogP contribution in [0.15, 0.2) is 36.5 Å². The van der Waals surface area contributed by atoms with Crippen molar-refractivity contribution in [2.24, 2.45) is 5.92 Å². The number of rotatable bonds is 4. The Balaban J connectivity index is 1.44. The smallest absolute Gasteiger partial charge is 0.257 e. The van der Waals surface area contributed by atoms with Gasteiger partial charge in [-0.3, -0.25) is 14.3 Å². The van der Waals surface area contributed by atoms with Gasteiger partial charge in [0.05, 0.1) is 17.5 Å². The number of Topliss-reactive ketones (excluding diaryl/α,β-unsaturated/α-hetero) is 1. The van der Waals surface area contributed by atoms with E-state index in [1.54, 1.807) is 6.20 Å². The summed E-state index contributed by atoms with van der Waals surface area (Å²) >= 11 is 0. The quantitative estimate of drug-likeness (QED) is 0.851. The van der Waals surface area contributed by atoms with Crippen molar-refractivity contribution in [3.05, 3.63) is 53.3 Å². The van der Waals surface area contributed by atoms with E-state index in [-0.39, 0.29) is 17.6 Å². The zero-order chi connectivity index (χ0) is 17.9. The van der Waals surface area contributed by atoms with E-state index in [0.29, 0.717) is 13.0 Å². The molecule has 0 N–H and O–H groups in total. The molecule has 4 rings (SSSR count). The van der Waals surface area contributed by atoms with Crippen molar-refractivity contribution in [2.75, 3.05) is 13.1 Å². The number of aryl methyl sites for hydroxylation is 1. The number of hydrogen-bond acceptors (Lipinski definition) is 3. The van der Waals surface area contributed by atoms with Crippen LogP contribution in [0.2, 0.25) is 0 Å². The number of benzene rings is 1. The molecule has 1 aromatic carbocycles. The minimum atomic E-state index is -0.0562. The lowest BCUT2D eigenvalue weighted by Gasteiger charge is -2.32. The van der Waals surface area contributed by atoms with Gasteiger partial charge in [0.15, 0.2) is 0 Å². The summed E-state index contributed by atoms with van der Waals surface area (Å²) in [6.07, 6.45) is 7.11. The first-order valence-electron chi connectivity index (χ1n) is 9.63. The first-order chi connectivity index (χ1) is 12.7. The number of aromatic nitrogens is 2. The maximum absolute atomic E-state index is 13.0. The number of piperidine rings is 1. The standard InChI is InChI=1S/C21H25N3O2/c25-20(13-16-7-2-1-3-8-16)17-9-6-11-23(15-17)21(26)18-14-22-24-12-5-4-10-19(18)24/h1-3,7-8,14,17H,4-6,9-13,15H2/t17-/m0/s1. The van der Waals surface area contributed by atoms with Crippen LogP contribution in [0.3, 0.4) is 0 Å². The van der Waals surface area contributed by atoms with E-state index in [4.69, 9.17) is 0 Å². The van der Waals surface area contributed by atoms with Gasteiger partial charge in [-0.15, -0.1) is 0 Å². The van der Waals surface area contributed by atoms with Crippen LogP contribution in [0, 0.1) is 5.92 Å². The van der Waals surface area contributed by atoms with Crippen LogP contribution in [0.5, 0.6) is 0 Å². The summed E-state index contributed by atoms with van der Waals surface area (Å²) in [4.78, 5) is 27.6. The maximum atomic E-state index is 13.0. The highest BCUT2D eigenvalue weighted by atomic mass is 16.2. The van der Waals surface area contributed by atoms with Gasteiger partial charge >= 0.3 is 0 Å². The summed E-state index contributed by atoms with van der Waals surface area (Å²) in [6.45, 7) is 2.18. The Morgan fingerprint density at radius 3 is 2.77 bits per heavy atom. The van der Waals surface area contributed by atoms with Crippen LogP contribution in [0.1, 0.15) is 47.3 Å². The van der Waals surface area contributed by atoms with E-state index in [0.717, 1.165) is 62.0 Å². The van der Waals surface area contributed by atoms with E-state index in [1.807, 2.05) is 39.9 Å². The summed E-state index contributed by atoms with van der Waals surface area (Å²) in [7, 11) is 0. The molecule has 3 heterocycles. The van der Waals surface area contributed by atoms with Gasteiger partial charge in [0.25, 0.3) is 5.91 Å². The molecule has 26 heavy (non-hydrogen) atoms. The molecule has 0 bridgehead atoms. The Labute approximate surface area is 154 Å². The minimum Gasteiger partial charge on any atom is -0.338 e.